The highest BCUT2D eigenvalue weighted by Crippen LogP contribution is 2.18. The molecule has 0 spiro atoms. The van der Waals surface area contributed by atoms with Crippen molar-refractivity contribution in [3.8, 4) is 0 Å². The molecule has 110 valence electrons. The summed E-state index contributed by atoms with van der Waals surface area (Å²) >= 11 is 1.68. The molecule has 0 atom stereocenters. The molecule has 1 N–H and O–H groups in total. The van der Waals surface area contributed by atoms with E-state index >= 15 is 0 Å². The van der Waals surface area contributed by atoms with Crippen LogP contribution in [0, 0.1) is 0 Å². The van der Waals surface area contributed by atoms with Gasteiger partial charge in [-0.3, -0.25) is 4.40 Å². The van der Waals surface area contributed by atoms with Crippen LogP contribution in [0.1, 0.15) is 0 Å². The number of hydrogen-bond donors (Lipinski definition) is 1. The van der Waals surface area contributed by atoms with Crippen LogP contribution in [0.5, 0.6) is 0 Å². The van der Waals surface area contributed by atoms with Gasteiger partial charge in [0.2, 0.25) is 10.0 Å². The molecule has 2 heterocycles. The van der Waals surface area contributed by atoms with E-state index in [0.717, 1.165) is 22.7 Å². The molecule has 0 aromatic carbocycles. The Morgan fingerprint density at radius 1 is 1.40 bits per heavy atom. The summed E-state index contributed by atoms with van der Waals surface area (Å²) in [6.07, 6.45) is 4.83. The quantitative estimate of drug-likeness (QED) is 0.581. The predicted octanol–water partition coefficient (Wildman–Crippen LogP) is 0.992. The SMILES string of the molecule is CS(=O)(=O)NCCOCCSc1cccc2nccn12. The third-order valence-electron chi connectivity index (χ3n) is 2.48. The first-order chi connectivity index (χ1) is 9.56. The average molecular weight is 315 g/mol. The van der Waals surface area contributed by atoms with Crippen LogP contribution in [0.4, 0.5) is 0 Å². The highest BCUT2D eigenvalue weighted by Gasteiger charge is 2.01. The molecule has 2 aromatic heterocycles. The molecule has 0 amide bonds. The van der Waals surface area contributed by atoms with E-state index < -0.39 is 10.0 Å². The van der Waals surface area contributed by atoms with Gasteiger partial charge in [0.05, 0.1) is 24.5 Å². The Morgan fingerprint density at radius 2 is 2.25 bits per heavy atom. The number of pyridine rings is 1. The molecule has 8 heteroatoms. The van der Waals surface area contributed by atoms with Crippen LogP contribution in [0.15, 0.2) is 35.6 Å². The third-order valence-corrected chi connectivity index (χ3v) is 4.21. The number of ether oxygens (including phenoxy) is 1. The van der Waals surface area contributed by atoms with Gasteiger partial charge in [-0.15, -0.1) is 11.8 Å². The van der Waals surface area contributed by atoms with Crippen LogP contribution < -0.4 is 4.72 Å². The summed E-state index contributed by atoms with van der Waals surface area (Å²) in [6, 6.07) is 5.96. The van der Waals surface area contributed by atoms with Crippen molar-refractivity contribution < 1.29 is 13.2 Å². The number of fused-ring (bicyclic) bond motifs is 1. The zero-order valence-electron chi connectivity index (χ0n) is 11.2. The summed E-state index contributed by atoms with van der Waals surface area (Å²) in [5.41, 5.74) is 0.924. The Labute approximate surface area is 122 Å². The maximum Gasteiger partial charge on any atom is 0.208 e. The first kappa shape index (κ1) is 15.3. The molecule has 0 aliphatic carbocycles. The largest absolute Gasteiger partial charge is 0.379 e. The Morgan fingerprint density at radius 3 is 3.05 bits per heavy atom. The van der Waals surface area contributed by atoms with Gasteiger partial charge in [-0.1, -0.05) is 6.07 Å². The number of rotatable bonds is 8. The normalized spacial score (nSPS) is 12.1. The molecule has 20 heavy (non-hydrogen) atoms. The Hall–Kier alpha value is -1.09. The van der Waals surface area contributed by atoms with Crippen molar-refractivity contribution in [3.63, 3.8) is 0 Å². The molecular formula is C12H17N3O3S2. The minimum absolute atomic E-state index is 0.306. The lowest BCUT2D eigenvalue weighted by atomic mass is 10.5. The summed E-state index contributed by atoms with van der Waals surface area (Å²) in [5, 5.41) is 1.11. The zero-order chi connectivity index (χ0) is 14.4. The minimum atomic E-state index is -3.12. The molecule has 0 fully saturated rings. The number of thioether (sulfide) groups is 1. The topological polar surface area (TPSA) is 72.7 Å². The van der Waals surface area contributed by atoms with E-state index in [2.05, 4.69) is 9.71 Å². The molecule has 2 rings (SSSR count). The van der Waals surface area contributed by atoms with E-state index in [9.17, 15) is 8.42 Å². The van der Waals surface area contributed by atoms with Gasteiger partial charge in [0.1, 0.15) is 5.65 Å². The summed E-state index contributed by atoms with van der Waals surface area (Å²) < 4.78 is 31.4. The Bertz CT molecular complexity index is 655. The van der Waals surface area contributed by atoms with Crippen molar-refractivity contribution in [2.24, 2.45) is 0 Å². The van der Waals surface area contributed by atoms with Gasteiger partial charge in [-0.2, -0.15) is 0 Å². The number of aromatic nitrogens is 2. The predicted molar refractivity (Wildman–Crippen MR) is 79.6 cm³/mol. The highest BCUT2D eigenvalue weighted by molar-refractivity contribution is 7.99. The fourth-order valence-corrected chi connectivity index (χ4v) is 2.98. The maximum absolute atomic E-state index is 10.8. The monoisotopic (exact) mass is 315 g/mol. The highest BCUT2D eigenvalue weighted by atomic mass is 32.2. The smallest absolute Gasteiger partial charge is 0.208 e. The second kappa shape index (κ2) is 7.07. The van der Waals surface area contributed by atoms with Gasteiger partial charge in [0.25, 0.3) is 0 Å². The van der Waals surface area contributed by atoms with Crippen LogP contribution in [0.3, 0.4) is 0 Å². The Kier molecular flexibility index (Phi) is 5.41. The minimum Gasteiger partial charge on any atom is -0.379 e. The fourth-order valence-electron chi connectivity index (χ4n) is 1.65. The van der Waals surface area contributed by atoms with Crippen LogP contribution in [-0.4, -0.2) is 49.6 Å². The number of sulfonamides is 1. The molecule has 2 aromatic rings. The molecule has 6 nitrogen and oxygen atoms in total. The second-order valence-corrected chi connectivity index (χ2v) is 7.10. The van der Waals surface area contributed by atoms with E-state index in [1.54, 1.807) is 18.0 Å². The molecule has 0 bridgehead atoms. The lowest BCUT2D eigenvalue weighted by Gasteiger charge is -2.06. The summed E-state index contributed by atoms with van der Waals surface area (Å²) in [6.45, 7) is 1.25. The van der Waals surface area contributed by atoms with Crippen LogP contribution in [-0.2, 0) is 14.8 Å². The molecule has 0 aliphatic heterocycles. The summed E-state index contributed by atoms with van der Waals surface area (Å²) in [4.78, 5) is 4.22. The van der Waals surface area contributed by atoms with E-state index in [1.165, 1.54) is 0 Å². The molecule has 0 saturated carbocycles. The number of nitrogens with zero attached hydrogens (tertiary/aromatic N) is 2. The first-order valence-corrected chi connectivity index (χ1v) is 9.01. The van der Waals surface area contributed by atoms with Crippen molar-refractivity contribution in [1.82, 2.24) is 14.1 Å². The summed E-state index contributed by atoms with van der Waals surface area (Å²) in [5.74, 6) is 0.802. The number of hydrogen-bond acceptors (Lipinski definition) is 5. The van der Waals surface area contributed by atoms with Crippen molar-refractivity contribution in [1.29, 1.82) is 0 Å². The van der Waals surface area contributed by atoms with E-state index in [0.29, 0.717) is 19.8 Å². The standard InChI is InChI=1S/C12H17N3O3S2/c1-20(16,17)14-6-8-18-9-10-19-12-4-2-3-11-13-5-7-15(11)12/h2-5,7,14H,6,8-10H2,1H3. The average Bonchev–Trinajstić information content (AvgIpc) is 2.85. The number of nitrogens with one attached hydrogen (secondary N) is 1. The fraction of sp³-hybridized carbons (Fsp3) is 0.417. The van der Waals surface area contributed by atoms with Crippen LogP contribution >= 0.6 is 11.8 Å². The molecule has 0 aliphatic rings. The van der Waals surface area contributed by atoms with Crippen molar-refractivity contribution in [2.75, 3.05) is 31.8 Å². The zero-order valence-corrected chi connectivity index (χ0v) is 12.8. The maximum atomic E-state index is 10.8. The number of imidazole rings is 1. The van der Waals surface area contributed by atoms with Gasteiger partial charge in [-0.25, -0.2) is 18.1 Å². The van der Waals surface area contributed by atoms with Gasteiger partial charge in [0, 0.05) is 24.7 Å². The summed E-state index contributed by atoms with van der Waals surface area (Å²) in [7, 11) is -3.12. The van der Waals surface area contributed by atoms with Gasteiger partial charge >= 0.3 is 0 Å². The Balaban J connectivity index is 1.68. The molecule has 0 unspecified atom stereocenters. The van der Waals surface area contributed by atoms with Crippen molar-refractivity contribution >= 4 is 27.4 Å². The lowest BCUT2D eigenvalue weighted by molar-refractivity contribution is 0.155. The van der Waals surface area contributed by atoms with Gasteiger partial charge < -0.3 is 4.74 Å². The van der Waals surface area contributed by atoms with Crippen LogP contribution in [0.25, 0.3) is 5.65 Å². The third kappa shape index (κ3) is 4.78. The molecule has 0 saturated heterocycles. The second-order valence-electron chi connectivity index (χ2n) is 4.15. The first-order valence-electron chi connectivity index (χ1n) is 6.13. The van der Waals surface area contributed by atoms with E-state index in [-0.39, 0.29) is 0 Å². The molecule has 0 radical (unpaired) electrons. The molecular weight excluding hydrogens is 298 g/mol. The van der Waals surface area contributed by atoms with Gasteiger partial charge in [0.15, 0.2) is 0 Å². The van der Waals surface area contributed by atoms with Gasteiger partial charge in [-0.05, 0) is 12.1 Å². The van der Waals surface area contributed by atoms with Crippen molar-refractivity contribution in [3.05, 3.63) is 30.6 Å². The van der Waals surface area contributed by atoms with E-state index in [4.69, 9.17) is 4.74 Å². The van der Waals surface area contributed by atoms with Crippen LogP contribution in [0.2, 0.25) is 0 Å². The lowest BCUT2D eigenvalue weighted by Crippen LogP contribution is -2.26. The van der Waals surface area contributed by atoms with E-state index in [1.807, 2.05) is 28.8 Å². The van der Waals surface area contributed by atoms with Crippen molar-refractivity contribution in [2.45, 2.75) is 5.03 Å².